The SMILES string of the molecule is O=C(NC1CC1)c1cc(-c2ccn(CC3CC3)n2)n2ccccc12. The molecular formula is C19H20N4O. The molecule has 0 aliphatic heterocycles. The van der Waals surface area contributed by atoms with Crippen LogP contribution in [-0.4, -0.2) is 26.1 Å². The lowest BCUT2D eigenvalue weighted by Gasteiger charge is -2.02. The summed E-state index contributed by atoms with van der Waals surface area (Å²) in [5.41, 5.74) is 3.56. The van der Waals surface area contributed by atoms with Crippen molar-refractivity contribution in [3.8, 4) is 11.4 Å². The van der Waals surface area contributed by atoms with E-state index >= 15 is 0 Å². The molecule has 5 nitrogen and oxygen atoms in total. The van der Waals surface area contributed by atoms with E-state index in [9.17, 15) is 4.79 Å². The number of rotatable bonds is 5. The fourth-order valence-corrected chi connectivity index (χ4v) is 3.19. The van der Waals surface area contributed by atoms with Crippen molar-refractivity contribution in [2.24, 2.45) is 5.92 Å². The highest BCUT2D eigenvalue weighted by Crippen LogP contribution is 2.31. The lowest BCUT2D eigenvalue weighted by Crippen LogP contribution is -2.25. The summed E-state index contributed by atoms with van der Waals surface area (Å²) >= 11 is 0. The molecule has 122 valence electrons. The minimum Gasteiger partial charge on any atom is -0.349 e. The average molecular weight is 320 g/mol. The van der Waals surface area contributed by atoms with Crippen LogP contribution in [0.15, 0.2) is 42.7 Å². The van der Waals surface area contributed by atoms with Crippen molar-refractivity contribution in [1.82, 2.24) is 19.5 Å². The van der Waals surface area contributed by atoms with E-state index in [1.165, 1.54) is 12.8 Å². The van der Waals surface area contributed by atoms with E-state index < -0.39 is 0 Å². The Morgan fingerprint density at radius 1 is 1.17 bits per heavy atom. The number of nitrogens with zero attached hydrogens (tertiary/aromatic N) is 3. The summed E-state index contributed by atoms with van der Waals surface area (Å²) in [6.07, 6.45) is 8.85. The second-order valence-corrected chi connectivity index (χ2v) is 7.01. The molecule has 0 saturated heterocycles. The first-order valence-electron chi connectivity index (χ1n) is 8.73. The topological polar surface area (TPSA) is 51.3 Å². The van der Waals surface area contributed by atoms with Gasteiger partial charge in [-0.15, -0.1) is 0 Å². The second-order valence-electron chi connectivity index (χ2n) is 7.01. The van der Waals surface area contributed by atoms with Crippen molar-refractivity contribution in [1.29, 1.82) is 0 Å². The van der Waals surface area contributed by atoms with Crippen LogP contribution < -0.4 is 5.32 Å². The average Bonchev–Trinajstić information content (AvgIpc) is 3.49. The molecule has 2 aliphatic rings. The molecule has 2 aliphatic carbocycles. The Hall–Kier alpha value is -2.56. The van der Waals surface area contributed by atoms with Gasteiger partial charge in [0.15, 0.2) is 0 Å². The normalized spacial score (nSPS) is 17.3. The molecule has 0 unspecified atom stereocenters. The number of aromatic nitrogens is 3. The summed E-state index contributed by atoms with van der Waals surface area (Å²) in [6, 6.07) is 10.3. The van der Waals surface area contributed by atoms with E-state index in [0.29, 0.717) is 6.04 Å². The molecule has 0 aromatic carbocycles. The molecule has 0 atom stereocenters. The lowest BCUT2D eigenvalue weighted by molar-refractivity contribution is 0.0953. The van der Waals surface area contributed by atoms with Gasteiger partial charge >= 0.3 is 0 Å². The summed E-state index contributed by atoms with van der Waals surface area (Å²) in [7, 11) is 0. The monoisotopic (exact) mass is 320 g/mol. The first-order chi connectivity index (χ1) is 11.8. The summed E-state index contributed by atoms with van der Waals surface area (Å²) in [5, 5.41) is 7.81. The maximum absolute atomic E-state index is 12.6. The zero-order valence-corrected chi connectivity index (χ0v) is 13.5. The predicted octanol–water partition coefficient (Wildman–Crippen LogP) is 3.11. The predicted molar refractivity (Wildman–Crippen MR) is 91.8 cm³/mol. The summed E-state index contributed by atoms with van der Waals surface area (Å²) in [5.74, 6) is 0.812. The maximum atomic E-state index is 12.6. The van der Waals surface area contributed by atoms with Crippen LogP contribution >= 0.6 is 0 Å². The lowest BCUT2D eigenvalue weighted by atomic mass is 10.2. The van der Waals surface area contributed by atoms with E-state index in [1.807, 2.05) is 47.4 Å². The first kappa shape index (κ1) is 13.8. The van der Waals surface area contributed by atoms with E-state index in [2.05, 4.69) is 9.72 Å². The molecule has 5 heteroatoms. The largest absolute Gasteiger partial charge is 0.349 e. The Morgan fingerprint density at radius 3 is 2.83 bits per heavy atom. The number of amides is 1. The third-order valence-electron chi connectivity index (χ3n) is 4.88. The van der Waals surface area contributed by atoms with E-state index in [4.69, 9.17) is 5.10 Å². The number of hydrogen-bond acceptors (Lipinski definition) is 2. The summed E-state index contributed by atoms with van der Waals surface area (Å²) in [6.45, 7) is 0.998. The van der Waals surface area contributed by atoms with Crippen molar-refractivity contribution in [3.05, 3.63) is 48.3 Å². The van der Waals surface area contributed by atoms with Crippen LogP contribution in [0.1, 0.15) is 36.0 Å². The van der Waals surface area contributed by atoms with Gasteiger partial charge in [0.1, 0.15) is 5.69 Å². The molecule has 3 aromatic rings. The highest BCUT2D eigenvalue weighted by atomic mass is 16.1. The van der Waals surface area contributed by atoms with Gasteiger partial charge in [-0.3, -0.25) is 9.48 Å². The Labute approximate surface area is 140 Å². The van der Waals surface area contributed by atoms with E-state index in [-0.39, 0.29) is 5.91 Å². The fourth-order valence-electron chi connectivity index (χ4n) is 3.19. The van der Waals surface area contributed by atoms with Crippen LogP contribution in [0, 0.1) is 5.92 Å². The van der Waals surface area contributed by atoms with E-state index in [0.717, 1.165) is 47.8 Å². The third kappa shape index (κ3) is 2.50. The summed E-state index contributed by atoms with van der Waals surface area (Å²) in [4.78, 5) is 12.6. The quantitative estimate of drug-likeness (QED) is 0.785. The number of carbonyl (C=O) groups is 1. The molecule has 0 spiro atoms. The van der Waals surface area contributed by atoms with Gasteiger partial charge in [-0.05, 0) is 55.9 Å². The first-order valence-corrected chi connectivity index (χ1v) is 8.73. The van der Waals surface area contributed by atoms with Gasteiger partial charge in [0.2, 0.25) is 0 Å². The zero-order chi connectivity index (χ0) is 16.1. The van der Waals surface area contributed by atoms with Crippen molar-refractivity contribution in [2.45, 2.75) is 38.3 Å². The zero-order valence-electron chi connectivity index (χ0n) is 13.5. The Kier molecular flexibility index (Phi) is 3.01. The van der Waals surface area contributed by atoms with Crippen LogP contribution in [0.3, 0.4) is 0 Å². The van der Waals surface area contributed by atoms with Gasteiger partial charge in [-0.2, -0.15) is 5.10 Å². The van der Waals surface area contributed by atoms with Gasteiger partial charge < -0.3 is 9.72 Å². The molecule has 3 heterocycles. The standard InChI is InChI=1S/C19H20N4O/c24-19(20-14-6-7-14)15-11-18(23-9-2-1-3-17(15)23)16-8-10-22(21-16)12-13-4-5-13/h1-3,8-11,13-14H,4-7,12H2,(H,20,24). The number of hydrogen-bond donors (Lipinski definition) is 1. The molecule has 0 bridgehead atoms. The summed E-state index contributed by atoms with van der Waals surface area (Å²) < 4.78 is 4.09. The van der Waals surface area contributed by atoms with Crippen LogP contribution in [0.2, 0.25) is 0 Å². The fraction of sp³-hybridized carbons (Fsp3) is 0.368. The highest BCUT2D eigenvalue weighted by Gasteiger charge is 2.26. The Balaban J connectivity index is 1.54. The highest BCUT2D eigenvalue weighted by molar-refractivity contribution is 6.03. The third-order valence-corrected chi connectivity index (χ3v) is 4.88. The van der Waals surface area contributed by atoms with Gasteiger partial charge in [0, 0.05) is 25.0 Å². The van der Waals surface area contributed by atoms with Gasteiger partial charge in [0.25, 0.3) is 5.91 Å². The number of nitrogens with one attached hydrogen (secondary N) is 1. The van der Waals surface area contributed by atoms with E-state index in [1.54, 1.807) is 0 Å². The Bertz CT molecular complexity index is 914. The minimum absolute atomic E-state index is 0.0184. The molecule has 2 saturated carbocycles. The van der Waals surface area contributed by atoms with Crippen LogP contribution in [0.4, 0.5) is 0 Å². The van der Waals surface area contributed by atoms with Crippen LogP contribution in [0.25, 0.3) is 16.9 Å². The van der Waals surface area contributed by atoms with Crippen LogP contribution in [0.5, 0.6) is 0 Å². The second kappa shape index (κ2) is 5.23. The molecule has 5 rings (SSSR count). The van der Waals surface area contributed by atoms with Crippen molar-refractivity contribution < 1.29 is 4.79 Å². The number of carbonyl (C=O) groups excluding carboxylic acids is 1. The molecule has 1 amide bonds. The number of fused-ring (bicyclic) bond motifs is 1. The maximum Gasteiger partial charge on any atom is 0.253 e. The molecular weight excluding hydrogens is 300 g/mol. The van der Waals surface area contributed by atoms with Crippen LogP contribution in [-0.2, 0) is 6.54 Å². The smallest absolute Gasteiger partial charge is 0.253 e. The van der Waals surface area contributed by atoms with Gasteiger partial charge in [-0.1, -0.05) is 6.07 Å². The molecule has 24 heavy (non-hydrogen) atoms. The number of pyridine rings is 1. The van der Waals surface area contributed by atoms with Gasteiger partial charge in [0.05, 0.1) is 16.8 Å². The minimum atomic E-state index is 0.0184. The molecule has 0 radical (unpaired) electrons. The van der Waals surface area contributed by atoms with Gasteiger partial charge in [-0.25, -0.2) is 0 Å². The van der Waals surface area contributed by atoms with Crippen molar-refractivity contribution in [2.75, 3.05) is 0 Å². The molecule has 3 aromatic heterocycles. The Morgan fingerprint density at radius 2 is 2.04 bits per heavy atom. The van der Waals surface area contributed by atoms with Crippen molar-refractivity contribution >= 4 is 11.4 Å². The van der Waals surface area contributed by atoms with Crippen molar-refractivity contribution in [3.63, 3.8) is 0 Å². The molecule has 1 N–H and O–H groups in total. The molecule has 2 fully saturated rings.